The van der Waals surface area contributed by atoms with Crippen molar-refractivity contribution in [2.24, 2.45) is 0 Å². The van der Waals surface area contributed by atoms with Gasteiger partial charge in [-0.05, 0) is 19.9 Å². The Morgan fingerprint density at radius 2 is 1.73 bits per heavy atom. The molecule has 5 nitrogen and oxygen atoms in total. The zero-order valence-electron chi connectivity index (χ0n) is 13.4. The molecule has 22 heavy (non-hydrogen) atoms. The third-order valence-electron chi connectivity index (χ3n) is 2.99. The van der Waals surface area contributed by atoms with Gasteiger partial charge in [-0.3, -0.25) is 13.8 Å². The Kier molecular flexibility index (Phi) is 7.13. The number of hydrogen-bond donors (Lipinski definition) is 1. The van der Waals surface area contributed by atoms with E-state index >= 15 is 0 Å². The average molecular weight is 346 g/mol. The maximum Gasteiger partial charge on any atom is 0.530 e. The first-order valence-corrected chi connectivity index (χ1v) is 9.05. The van der Waals surface area contributed by atoms with Gasteiger partial charge in [0.05, 0.1) is 13.2 Å². The molecule has 0 N–H and O–H groups in total. The first-order valence-electron chi connectivity index (χ1n) is 7.14. The molecule has 0 atom stereocenters. The minimum atomic E-state index is -3.68. The Hall–Kier alpha value is -0.810. The standard InChI is InChI=1S/C15H23O5PS/c1-5-18-21(17,19-6-2)20-13-10-8-7-9-12(13)15(3,4)11-14(16)22/h7-10H,5-6,11H2,1-4H3,(H,16,22). The van der Waals surface area contributed by atoms with Gasteiger partial charge in [0.15, 0.2) is 5.12 Å². The Bertz CT molecular complexity index is 549. The van der Waals surface area contributed by atoms with Crippen LogP contribution in [0.25, 0.3) is 0 Å². The van der Waals surface area contributed by atoms with Gasteiger partial charge in [-0.15, -0.1) is 12.6 Å². The SMILES string of the molecule is CCOP(=O)(OCC)Oc1ccccc1C(C)(C)CC(=O)S. The lowest BCUT2D eigenvalue weighted by molar-refractivity contribution is -0.111. The fourth-order valence-corrected chi connectivity index (χ4v) is 3.71. The highest BCUT2D eigenvalue weighted by molar-refractivity contribution is 7.96. The largest absolute Gasteiger partial charge is 0.530 e. The second-order valence-electron chi connectivity index (χ2n) is 5.32. The molecule has 0 heterocycles. The van der Waals surface area contributed by atoms with Gasteiger partial charge in [-0.1, -0.05) is 32.0 Å². The number of carbonyl (C=O) groups excluding carboxylic acids is 1. The lowest BCUT2D eigenvalue weighted by Crippen LogP contribution is -2.21. The van der Waals surface area contributed by atoms with E-state index in [0.29, 0.717) is 5.75 Å². The zero-order valence-corrected chi connectivity index (χ0v) is 15.2. The molecule has 0 radical (unpaired) electrons. The summed E-state index contributed by atoms with van der Waals surface area (Å²) < 4.78 is 28.4. The van der Waals surface area contributed by atoms with Crippen LogP contribution in [-0.2, 0) is 23.8 Å². The molecule has 0 spiro atoms. The summed E-state index contributed by atoms with van der Waals surface area (Å²) in [6.07, 6.45) is 0.226. The second-order valence-corrected chi connectivity index (χ2v) is 7.42. The molecule has 0 aliphatic rings. The van der Waals surface area contributed by atoms with Crippen molar-refractivity contribution in [1.82, 2.24) is 0 Å². The summed E-state index contributed by atoms with van der Waals surface area (Å²) >= 11 is 3.85. The van der Waals surface area contributed by atoms with Crippen molar-refractivity contribution in [2.45, 2.75) is 39.5 Å². The molecule has 0 saturated heterocycles. The molecule has 1 aromatic rings. The zero-order chi connectivity index (χ0) is 16.8. The van der Waals surface area contributed by atoms with Crippen LogP contribution in [0.1, 0.15) is 39.7 Å². The Morgan fingerprint density at radius 1 is 1.18 bits per heavy atom. The van der Waals surface area contributed by atoms with Crippen molar-refractivity contribution in [3.8, 4) is 5.75 Å². The molecule has 7 heteroatoms. The lowest BCUT2D eigenvalue weighted by atomic mass is 9.81. The highest BCUT2D eigenvalue weighted by Crippen LogP contribution is 2.51. The summed E-state index contributed by atoms with van der Waals surface area (Å²) in [5.41, 5.74) is 0.232. The third-order valence-corrected chi connectivity index (χ3v) is 4.72. The molecular weight excluding hydrogens is 323 g/mol. The van der Waals surface area contributed by atoms with Crippen LogP contribution < -0.4 is 4.52 Å². The first-order chi connectivity index (χ1) is 10.2. The van der Waals surface area contributed by atoms with E-state index in [1.165, 1.54) is 0 Å². The fraction of sp³-hybridized carbons (Fsp3) is 0.533. The minimum Gasteiger partial charge on any atom is -0.404 e. The van der Waals surface area contributed by atoms with E-state index in [2.05, 4.69) is 12.6 Å². The van der Waals surface area contributed by atoms with Crippen molar-refractivity contribution in [3.05, 3.63) is 29.8 Å². The van der Waals surface area contributed by atoms with E-state index in [0.717, 1.165) is 5.56 Å². The number of phosphoric acid groups is 1. The lowest BCUT2D eigenvalue weighted by Gasteiger charge is -2.27. The molecule has 0 fully saturated rings. The van der Waals surface area contributed by atoms with E-state index in [4.69, 9.17) is 13.6 Å². The maximum atomic E-state index is 12.5. The molecule has 0 unspecified atom stereocenters. The van der Waals surface area contributed by atoms with Gasteiger partial charge >= 0.3 is 7.82 Å². The minimum absolute atomic E-state index is 0.206. The van der Waals surface area contributed by atoms with Crippen LogP contribution in [0.4, 0.5) is 0 Å². The number of phosphoric ester groups is 1. The Morgan fingerprint density at radius 3 is 2.23 bits per heavy atom. The number of carbonyl (C=O) groups is 1. The third kappa shape index (κ3) is 5.43. The molecule has 0 aliphatic carbocycles. The van der Waals surface area contributed by atoms with Crippen LogP contribution in [0.15, 0.2) is 24.3 Å². The van der Waals surface area contributed by atoms with Gasteiger partial charge in [0.2, 0.25) is 0 Å². The monoisotopic (exact) mass is 346 g/mol. The molecule has 0 aromatic heterocycles. The first kappa shape index (κ1) is 19.2. The van der Waals surface area contributed by atoms with Crippen molar-refractivity contribution < 1.29 is 22.9 Å². The molecule has 1 rings (SSSR count). The van der Waals surface area contributed by atoms with E-state index < -0.39 is 13.2 Å². The van der Waals surface area contributed by atoms with E-state index in [1.807, 2.05) is 26.0 Å². The molecule has 124 valence electrons. The molecule has 0 saturated carbocycles. The molecule has 0 bridgehead atoms. The number of thiol groups is 1. The van der Waals surface area contributed by atoms with Crippen LogP contribution in [0, 0.1) is 0 Å². The van der Waals surface area contributed by atoms with Crippen LogP contribution >= 0.6 is 20.5 Å². The fourth-order valence-electron chi connectivity index (χ4n) is 2.11. The Balaban J connectivity index is 3.15. The van der Waals surface area contributed by atoms with Crippen LogP contribution in [0.5, 0.6) is 5.75 Å². The highest BCUT2D eigenvalue weighted by atomic mass is 32.1. The summed E-state index contributed by atoms with van der Waals surface area (Å²) in [5, 5.41) is -0.224. The quantitative estimate of drug-likeness (QED) is 0.531. The van der Waals surface area contributed by atoms with Crippen LogP contribution in [-0.4, -0.2) is 18.3 Å². The average Bonchev–Trinajstić information content (AvgIpc) is 2.37. The number of para-hydroxylation sites is 1. The highest BCUT2D eigenvalue weighted by Gasteiger charge is 2.32. The van der Waals surface area contributed by atoms with E-state index in [1.54, 1.807) is 26.0 Å². The van der Waals surface area contributed by atoms with E-state index in [-0.39, 0.29) is 24.7 Å². The Labute approximate surface area is 137 Å². The summed E-state index contributed by atoms with van der Waals surface area (Å²) in [4.78, 5) is 11.4. The topological polar surface area (TPSA) is 61.8 Å². The van der Waals surface area contributed by atoms with Crippen molar-refractivity contribution >= 4 is 25.6 Å². The number of rotatable bonds is 9. The smallest absolute Gasteiger partial charge is 0.404 e. The predicted octanol–water partition coefficient (Wildman–Crippen LogP) is 4.37. The molecule has 1 aromatic carbocycles. The van der Waals surface area contributed by atoms with Crippen LogP contribution in [0.2, 0.25) is 0 Å². The van der Waals surface area contributed by atoms with Gasteiger partial charge in [0.25, 0.3) is 0 Å². The number of benzene rings is 1. The second kappa shape index (κ2) is 8.16. The van der Waals surface area contributed by atoms with Gasteiger partial charge in [0, 0.05) is 17.4 Å². The van der Waals surface area contributed by atoms with Crippen molar-refractivity contribution in [2.75, 3.05) is 13.2 Å². The van der Waals surface area contributed by atoms with Crippen molar-refractivity contribution in [3.63, 3.8) is 0 Å². The van der Waals surface area contributed by atoms with E-state index in [9.17, 15) is 9.36 Å². The normalized spacial score (nSPS) is 12.2. The van der Waals surface area contributed by atoms with Gasteiger partial charge in [-0.2, -0.15) is 0 Å². The van der Waals surface area contributed by atoms with Gasteiger partial charge < -0.3 is 4.52 Å². The molecular formula is C15H23O5PS. The maximum absolute atomic E-state index is 12.5. The van der Waals surface area contributed by atoms with Crippen molar-refractivity contribution in [1.29, 1.82) is 0 Å². The molecule has 0 amide bonds. The van der Waals surface area contributed by atoms with Gasteiger partial charge in [0.1, 0.15) is 5.75 Å². The van der Waals surface area contributed by atoms with Crippen LogP contribution in [0.3, 0.4) is 0 Å². The summed E-state index contributed by atoms with van der Waals surface area (Å²) in [6, 6.07) is 7.11. The summed E-state index contributed by atoms with van der Waals surface area (Å²) in [5.74, 6) is 0.382. The number of hydrogen-bond acceptors (Lipinski definition) is 5. The molecule has 0 aliphatic heterocycles. The predicted molar refractivity (Wildman–Crippen MR) is 89.6 cm³/mol. The van der Waals surface area contributed by atoms with Gasteiger partial charge in [-0.25, -0.2) is 4.57 Å². The summed E-state index contributed by atoms with van der Waals surface area (Å²) in [6.45, 7) is 7.63. The summed E-state index contributed by atoms with van der Waals surface area (Å²) in [7, 11) is -3.68.